The number of nitrogens with one attached hydrogen (secondary N) is 1. The predicted molar refractivity (Wildman–Crippen MR) is 82.8 cm³/mol. The number of pyridine rings is 1. The van der Waals surface area contributed by atoms with Crippen molar-refractivity contribution in [3.05, 3.63) is 38.8 Å². The van der Waals surface area contributed by atoms with Gasteiger partial charge in [-0.25, -0.2) is 5.84 Å². The molecule has 0 radical (unpaired) electrons. The molecule has 0 bridgehead atoms. The Hall–Kier alpha value is -1.21. The highest BCUT2D eigenvalue weighted by Gasteiger charge is 2.12. The molecular weight excluding hydrogens is 369 g/mol. The van der Waals surface area contributed by atoms with E-state index < -0.39 is 0 Å². The summed E-state index contributed by atoms with van der Waals surface area (Å²) in [6.45, 7) is 0. The third-order valence-corrected chi connectivity index (χ3v) is 3.56. The van der Waals surface area contributed by atoms with Crippen molar-refractivity contribution in [1.82, 2.24) is 4.98 Å². The zero-order chi connectivity index (χ0) is 14.7. The fourth-order valence-corrected chi connectivity index (χ4v) is 2.31. The second kappa shape index (κ2) is 6.49. The standard InChI is InChI=1S/C12H10BrCl2N3O2/c1-19-6-2-3-10(7(13)4-6)20-12-9(15)5-8(14)11(17-12)18-16/h2-5H,16H2,1H3,(H,17,18). The van der Waals surface area contributed by atoms with Crippen LogP contribution >= 0.6 is 39.1 Å². The monoisotopic (exact) mass is 377 g/mol. The van der Waals surface area contributed by atoms with Crippen LogP contribution in [0.25, 0.3) is 0 Å². The van der Waals surface area contributed by atoms with E-state index in [2.05, 4.69) is 26.3 Å². The molecule has 5 nitrogen and oxygen atoms in total. The van der Waals surface area contributed by atoms with Crippen LogP contribution in [0.5, 0.6) is 17.4 Å². The van der Waals surface area contributed by atoms with Crippen molar-refractivity contribution in [3.63, 3.8) is 0 Å². The fourth-order valence-electron chi connectivity index (χ4n) is 1.42. The first-order chi connectivity index (χ1) is 9.55. The summed E-state index contributed by atoms with van der Waals surface area (Å²) >= 11 is 15.3. The summed E-state index contributed by atoms with van der Waals surface area (Å²) in [7, 11) is 1.58. The molecule has 8 heteroatoms. The van der Waals surface area contributed by atoms with E-state index in [-0.39, 0.29) is 16.7 Å². The van der Waals surface area contributed by atoms with Gasteiger partial charge >= 0.3 is 0 Å². The number of hydrogen-bond acceptors (Lipinski definition) is 5. The third-order valence-electron chi connectivity index (χ3n) is 2.38. The Morgan fingerprint density at radius 2 is 2.00 bits per heavy atom. The van der Waals surface area contributed by atoms with Crippen molar-refractivity contribution in [2.24, 2.45) is 5.84 Å². The molecule has 2 rings (SSSR count). The summed E-state index contributed by atoms with van der Waals surface area (Å²) in [5, 5.41) is 0.579. The van der Waals surface area contributed by atoms with Crippen molar-refractivity contribution in [2.45, 2.75) is 0 Å². The molecule has 0 aliphatic carbocycles. The van der Waals surface area contributed by atoms with Crippen LogP contribution in [0, 0.1) is 0 Å². The molecule has 0 atom stereocenters. The zero-order valence-corrected chi connectivity index (χ0v) is 13.4. The highest BCUT2D eigenvalue weighted by Crippen LogP contribution is 2.37. The molecule has 0 unspecified atom stereocenters. The SMILES string of the molecule is COc1ccc(Oc2nc(NN)c(Cl)cc2Cl)c(Br)c1. The number of nitrogens with zero attached hydrogens (tertiary/aromatic N) is 1. The molecule has 0 fully saturated rings. The third kappa shape index (κ3) is 3.27. The molecule has 0 amide bonds. The van der Waals surface area contributed by atoms with Gasteiger partial charge in [-0.2, -0.15) is 4.98 Å². The van der Waals surface area contributed by atoms with Gasteiger partial charge in [0.2, 0.25) is 5.88 Å². The van der Waals surface area contributed by atoms with Crippen LogP contribution in [0.1, 0.15) is 0 Å². The average molecular weight is 379 g/mol. The Balaban J connectivity index is 2.34. The van der Waals surface area contributed by atoms with Crippen molar-refractivity contribution < 1.29 is 9.47 Å². The number of nitrogen functional groups attached to an aromatic ring is 1. The summed E-state index contributed by atoms with van der Waals surface area (Å²) < 4.78 is 11.4. The molecule has 0 saturated carbocycles. The van der Waals surface area contributed by atoms with Gasteiger partial charge < -0.3 is 14.9 Å². The van der Waals surface area contributed by atoms with E-state index >= 15 is 0 Å². The number of hydrogen-bond donors (Lipinski definition) is 2. The molecule has 3 N–H and O–H groups in total. The fraction of sp³-hybridized carbons (Fsp3) is 0.0833. The quantitative estimate of drug-likeness (QED) is 0.615. The van der Waals surface area contributed by atoms with E-state index in [0.29, 0.717) is 21.0 Å². The number of halogens is 3. The first-order valence-electron chi connectivity index (χ1n) is 5.39. The number of nitrogens with two attached hydrogens (primary N) is 1. The Labute approximate surface area is 134 Å². The molecule has 0 aliphatic heterocycles. The Kier molecular flexibility index (Phi) is 4.93. The largest absolute Gasteiger partial charge is 0.497 e. The maximum Gasteiger partial charge on any atom is 0.240 e. The second-order valence-electron chi connectivity index (χ2n) is 3.65. The van der Waals surface area contributed by atoms with E-state index in [4.69, 9.17) is 38.5 Å². The Morgan fingerprint density at radius 3 is 2.60 bits per heavy atom. The molecule has 1 aromatic carbocycles. The lowest BCUT2D eigenvalue weighted by molar-refractivity contribution is 0.411. The van der Waals surface area contributed by atoms with Gasteiger partial charge in [0.1, 0.15) is 16.5 Å². The van der Waals surface area contributed by atoms with E-state index in [9.17, 15) is 0 Å². The number of benzene rings is 1. The molecule has 0 saturated heterocycles. The average Bonchev–Trinajstić information content (AvgIpc) is 2.43. The van der Waals surface area contributed by atoms with E-state index in [1.54, 1.807) is 25.3 Å². The second-order valence-corrected chi connectivity index (χ2v) is 5.32. The molecule has 2 aromatic rings. The van der Waals surface area contributed by atoms with Crippen molar-refractivity contribution in [2.75, 3.05) is 12.5 Å². The van der Waals surface area contributed by atoms with Crippen molar-refractivity contribution >= 4 is 44.9 Å². The number of hydrazine groups is 1. The molecular formula is C12H10BrCl2N3O2. The van der Waals surface area contributed by atoms with Gasteiger partial charge in [0.05, 0.1) is 16.6 Å². The summed E-state index contributed by atoms with van der Waals surface area (Å²) in [6.07, 6.45) is 0. The number of rotatable bonds is 4. The molecule has 1 heterocycles. The first-order valence-corrected chi connectivity index (χ1v) is 6.94. The smallest absolute Gasteiger partial charge is 0.240 e. The maximum atomic E-state index is 6.04. The highest BCUT2D eigenvalue weighted by molar-refractivity contribution is 9.10. The lowest BCUT2D eigenvalue weighted by Crippen LogP contribution is -2.09. The van der Waals surface area contributed by atoms with Crippen LogP contribution < -0.4 is 20.7 Å². The highest BCUT2D eigenvalue weighted by atomic mass is 79.9. The predicted octanol–water partition coefficient (Wildman–Crippen LogP) is 4.24. The van der Waals surface area contributed by atoms with E-state index in [1.807, 2.05) is 0 Å². The van der Waals surface area contributed by atoms with Crippen LogP contribution in [-0.2, 0) is 0 Å². The number of methoxy groups -OCH3 is 1. The van der Waals surface area contributed by atoms with Crippen LogP contribution in [0.15, 0.2) is 28.7 Å². The van der Waals surface area contributed by atoms with Crippen LogP contribution in [-0.4, -0.2) is 12.1 Å². The maximum absolute atomic E-state index is 6.04. The Bertz CT molecular complexity index is 640. The number of anilines is 1. The molecule has 0 spiro atoms. The number of aromatic nitrogens is 1. The van der Waals surface area contributed by atoms with Crippen molar-refractivity contribution in [3.8, 4) is 17.4 Å². The zero-order valence-electron chi connectivity index (χ0n) is 10.3. The summed E-state index contributed by atoms with van der Waals surface area (Å²) in [4.78, 5) is 4.09. The molecule has 106 valence electrons. The Morgan fingerprint density at radius 1 is 1.25 bits per heavy atom. The minimum atomic E-state index is 0.190. The van der Waals surface area contributed by atoms with Crippen LogP contribution in [0.3, 0.4) is 0 Å². The lowest BCUT2D eigenvalue weighted by atomic mass is 10.3. The van der Waals surface area contributed by atoms with Gasteiger partial charge in [-0.05, 0) is 40.2 Å². The normalized spacial score (nSPS) is 10.2. The summed E-state index contributed by atoms with van der Waals surface area (Å²) in [5.74, 6) is 7.00. The van der Waals surface area contributed by atoms with Gasteiger partial charge in [0, 0.05) is 0 Å². The number of ether oxygens (including phenoxy) is 2. The van der Waals surface area contributed by atoms with E-state index in [1.165, 1.54) is 6.07 Å². The van der Waals surface area contributed by atoms with Gasteiger partial charge in [0.25, 0.3) is 0 Å². The van der Waals surface area contributed by atoms with Crippen LogP contribution in [0.4, 0.5) is 5.82 Å². The molecule has 0 aliphatic rings. The van der Waals surface area contributed by atoms with Gasteiger partial charge in [-0.15, -0.1) is 0 Å². The van der Waals surface area contributed by atoms with Gasteiger partial charge in [-0.1, -0.05) is 23.2 Å². The first kappa shape index (κ1) is 15.2. The van der Waals surface area contributed by atoms with E-state index in [0.717, 1.165) is 0 Å². The summed E-state index contributed by atoms with van der Waals surface area (Å²) in [5.41, 5.74) is 2.37. The van der Waals surface area contributed by atoms with Crippen LogP contribution in [0.2, 0.25) is 10.0 Å². The minimum absolute atomic E-state index is 0.190. The van der Waals surface area contributed by atoms with Gasteiger partial charge in [0.15, 0.2) is 5.82 Å². The molecule has 1 aromatic heterocycles. The van der Waals surface area contributed by atoms with Gasteiger partial charge in [-0.3, -0.25) is 0 Å². The molecule has 20 heavy (non-hydrogen) atoms. The summed E-state index contributed by atoms with van der Waals surface area (Å²) in [6, 6.07) is 6.75. The minimum Gasteiger partial charge on any atom is -0.497 e. The van der Waals surface area contributed by atoms with Crippen molar-refractivity contribution in [1.29, 1.82) is 0 Å². The topological polar surface area (TPSA) is 69.4 Å². The lowest BCUT2D eigenvalue weighted by Gasteiger charge is -2.11.